The Kier molecular flexibility index (Phi) is 5.46. The lowest BCUT2D eigenvalue weighted by molar-refractivity contribution is -0.314. The molecule has 1 unspecified atom stereocenters. The van der Waals surface area contributed by atoms with Crippen molar-refractivity contribution < 1.29 is 55.6 Å². The number of halogens is 6. The van der Waals surface area contributed by atoms with Gasteiger partial charge in [0.25, 0.3) is 6.10 Å². The Hall–Kier alpha value is -2.66. The molecular formula is C16H14F6O6. The van der Waals surface area contributed by atoms with E-state index in [0.717, 1.165) is 13.2 Å². The maximum Gasteiger partial charge on any atom is 0.434 e. The van der Waals surface area contributed by atoms with Crippen molar-refractivity contribution in [1.82, 2.24) is 0 Å². The standard InChI is InChI=1S/C16H14F6O6/c1-27-9-6-7(5-8(23)11(9)25)14(4-2-3-10(14)24)13(26)28-12(15(17,18)19)16(20,21)22/h5-6,12,23,25H,2-4H2,1H3. The zero-order valence-electron chi connectivity index (χ0n) is 14.1. The third kappa shape index (κ3) is 3.67. The van der Waals surface area contributed by atoms with Crippen molar-refractivity contribution in [1.29, 1.82) is 0 Å². The Morgan fingerprint density at radius 3 is 2.14 bits per heavy atom. The number of ketones is 1. The molecule has 0 amide bonds. The van der Waals surface area contributed by atoms with Gasteiger partial charge in [0, 0.05) is 6.42 Å². The maximum absolute atomic E-state index is 12.7. The van der Waals surface area contributed by atoms with Crippen LogP contribution in [0.5, 0.6) is 17.2 Å². The zero-order chi connectivity index (χ0) is 21.5. The minimum Gasteiger partial charge on any atom is -0.504 e. The molecule has 0 aliphatic heterocycles. The highest BCUT2D eigenvalue weighted by Crippen LogP contribution is 2.47. The van der Waals surface area contributed by atoms with Crippen molar-refractivity contribution >= 4 is 11.8 Å². The van der Waals surface area contributed by atoms with E-state index in [2.05, 4.69) is 4.74 Å². The lowest BCUT2D eigenvalue weighted by atomic mass is 9.77. The first kappa shape index (κ1) is 21.6. The average molecular weight is 416 g/mol. The molecule has 1 aliphatic carbocycles. The van der Waals surface area contributed by atoms with Crippen LogP contribution in [0.2, 0.25) is 0 Å². The Bertz CT molecular complexity index is 773. The molecule has 0 spiro atoms. The number of benzene rings is 1. The zero-order valence-corrected chi connectivity index (χ0v) is 14.1. The molecule has 1 fully saturated rings. The number of esters is 1. The lowest BCUT2D eigenvalue weighted by Crippen LogP contribution is -2.50. The largest absolute Gasteiger partial charge is 0.504 e. The number of ether oxygens (including phenoxy) is 2. The van der Waals surface area contributed by atoms with Gasteiger partial charge in [-0.05, 0) is 30.5 Å². The second-order valence-corrected chi connectivity index (χ2v) is 6.10. The minimum atomic E-state index is -5.95. The van der Waals surface area contributed by atoms with Crippen LogP contribution in [0.4, 0.5) is 26.3 Å². The van der Waals surface area contributed by atoms with Gasteiger partial charge in [-0.2, -0.15) is 26.3 Å². The molecule has 0 radical (unpaired) electrons. The molecule has 2 N–H and O–H groups in total. The van der Waals surface area contributed by atoms with Crippen molar-refractivity contribution in [3.63, 3.8) is 0 Å². The third-order valence-electron chi connectivity index (χ3n) is 4.37. The average Bonchev–Trinajstić information content (AvgIpc) is 2.95. The van der Waals surface area contributed by atoms with E-state index in [1.165, 1.54) is 0 Å². The van der Waals surface area contributed by atoms with Crippen LogP contribution >= 0.6 is 0 Å². The van der Waals surface area contributed by atoms with E-state index in [1.54, 1.807) is 0 Å². The number of carbonyl (C=O) groups is 2. The molecule has 1 aliphatic rings. The summed E-state index contributed by atoms with van der Waals surface area (Å²) < 4.78 is 85.0. The minimum absolute atomic E-state index is 0.0133. The molecule has 2 rings (SSSR count). The van der Waals surface area contributed by atoms with E-state index in [-0.39, 0.29) is 12.8 Å². The van der Waals surface area contributed by atoms with Crippen LogP contribution in [0.25, 0.3) is 0 Å². The molecule has 0 heterocycles. The van der Waals surface area contributed by atoms with Gasteiger partial charge >= 0.3 is 18.3 Å². The Morgan fingerprint density at radius 1 is 1.14 bits per heavy atom. The van der Waals surface area contributed by atoms with Gasteiger partial charge in [-0.3, -0.25) is 9.59 Å². The van der Waals surface area contributed by atoms with Gasteiger partial charge < -0.3 is 19.7 Å². The topological polar surface area (TPSA) is 93.1 Å². The van der Waals surface area contributed by atoms with Crippen LogP contribution in [0.15, 0.2) is 12.1 Å². The second kappa shape index (κ2) is 7.06. The third-order valence-corrected chi connectivity index (χ3v) is 4.37. The van der Waals surface area contributed by atoms with Crippen molar-refractivity contribution in [2.75, 3.05) is 7.11 Å². The number of rotatable bonds is 4. The van der Waals surface area contributed by atoms with E-state index in [1.807, 2.05) is 0 Å². The van der Waals surface area contributed by atoms with Crippen molar-refractivity contribution in [2.45, 2.75) is 43.1 Å². The molecule has 156 valence electrons. The predicted molar refractivity (Wildman–Crippen MR) is 78.8 cm³/mol. The number of methoxy groups -OCH3 is 1. The summed E-state index contributed by atoms with van der Waals surface area (Å²) in [6.45, 7) is 0. The summed E-state index contributed by atoms with van der Waals surface area (Å²) in [7, 11) is 1.04. The summed E-state index contributed by atoms with van der Waals surface area (Å²) in [6, 6.07) is 1.56. The van der Waals surface area contributed by atoms with E-state index in [9.17, 15) is 46.1 Å². The highest BCUT2D eigenvalue weighted by atomic mass is 19.4. The first-order chi connectivity index (χ1) is 12.7. The van der Waals surface area contributed by atoms with Gasteiger partial charge in [-0.1, -0.05) is 0 Å². The van der Waals surface area contributed by atoms with Gasteiger partial charge in [-0.15, -0.1) is 0 Å². The summed E-state index contributed by atoms with van der Waals surface area (Å²) >= 11 is 0. The Balaban J connectivity index is 2.57. The fourth-order valence-electron chi connectivity index (χ4n) is 3.03. The molecule has 28 heavy (non-hydrogen) atoms. The highest BCUT2D eigenvalue weighted by Gasteiger charge is 2.62. The maximum atomic E-state index is 12.7. The SMILES string of the molecule is COc1cc(C2(C(=O)OC(C(F)(F)F)C(F)(F)F)CCCC2=O)cc(O)c1O. The summed E-state index contributed by atoms with van der Waals surface area (Å²) in [6.07, 6.45) is -17.1. The van der Waals surface area contributed by atoms with E-state index in [4.69, 9.17) is 4.74 Å². The van der Waals surface area contributed by atoms with E-state index >= 15 is 0 Å². The number of carbonyl (C=O) groups excluding carboxylic acids is 2. The number of hydrogen-bond acceptors (Lipinski definition) is 6. The van der Waals surface area contributed by atoms with E-state index < -0.39 is 64.9 Å². The van der Waals surface area contributed by atoms with Gasteiger partial charge in [-0.25, -0.2) is 0 Å². The lowest BCUT2D eigenvalue weighted by Gasteiger charge is -2.30. The molecule has 6 nitrogen and oxygen atoms in total. The molecule has 1 aromatic rings. The summed E-state index contributed by atoms with van der Waals surface area (Å²) in [4.78, 5) is 24.8. The smallest absolute Gasteiger partial charge is 0.434 e. The molecule has 12 heteroatoms. The summed E-state index contributed by atoms with van der Waals surface area (Å²) in [5.41, 5.74) is -2.96. The second-order valence-electron chi connectivity index (χ2n) is 6.10. The van der Waals surface area contributed by atoms with Crippen molar-refractivity contribution in [3.05, 3.63) is 17.7 Å². The van der Waals surface area contributed by atoms with Crippen molar-refractivity contribution in [2.24, 2.45) is 0 Å². The highest BCUT2D eigenvalue weighted by molar-refractivity contribution is 6.11. The number of Topliss-reactive ketones (excluding diaryl/α,β-unsaturated/α-hetero) is 1. The number of phenolic OH excluding ortho intramolecular Hbond substituents is 2. The van der Waals surface area contributed by atoms with Gasteiger partial charge in [0.05, 0.1) is 7.11 Å². The van der Waals surface area contributed by atoms with Crippen molar-refractivity contribution in [3.8, 4) is 17.2 Å². The molecule has 0 bridgehead atoms. The normalized spacial score (nSPS) is 20.5. The monoisotopic (exact) mass is 416 g/mol. The first-order valence-electron chi connectivity index (χ1n) is 7.73. The number of hydrogen-bond donors (Lipinski definition) is 2. The van der Waals surface area contributed by atoms with Crippen LogP contribution < -0.4 is 4.74 Å². The van der Waals surface area contributed by atoms with Crippen LogP contribution in [0.1, 0.15) is 24.8 Å². The van der Waals surface area contributed by atoms with Crippen LogP contribution in [-0.2, 0) is 19.7 Å². The first-order valence-corrected chi connectivity index (χ1v) is 7.73. The van der Waals surface area contributed by atoms with E-state index in [0.29, 0.717) is 6.07 Å². The molecule has 1 aromatic carbocycles. The van der Waals surface area contributed by atoms with Crippen LogP contribution in [0, 0.1) is 0 Å². The fourth-order valence-corrected chi connectivity index (χ4v) is 3.03. The van der Waals surface area contributed by atoms with Gasteiger partial charge in [0.15, 0.2) is 22.7 Å². The number of aromatic hydroxyl groups is 2. The molecule has 1 saturated carbocycles. The molecule has 1 atom stereocenters. The summed E-state index contributed by atoms with van der Waals surface area (Å²) in [5.74, 6) is -5.15. The molecular weight excluding hydrogens is 402 g/mol. The van der Waals surface area contributed by atoms with Gasteiger partial charge in [0.1, 0.15) is 0 Å². The molecule has 0 aromatic heterocycles. The Morgan fingerprint density at radius 2 is 1.71 bits per heavy atom. The number of phenols is 2. The summed E-state index contributed by atoms with van der Waals surface area (Å²) in [5, 5.41) is 19.4. The van der Waals surface area contributed by atoms with Crippen LogP contribution in [-0.4, -0.2) is 47.5 Å². The van der Waals surface area contributed by atoms with Gasteiger partial charge in [0.2, 0.25) is 5.75 Å². The predicted octanol–water partition coefficient (Wildman–Crippen LogP) is 3.13. The van der Waals surface area contributed by atoms with Crippen LogP contribution in [0.3, 0.4) is 0 Å². The fraction of sp³-hybridized carbons (Fsp3) is 0.500. The molecule has 0 saturated heterocycles. The Labute approximate surface area is 153 Å². The quantitative estimate of drug-likeness (QED) is 0.339. The number of alkyl halides is 6.